The lowest BCUT2D eigenvalue weighted by Crippen LogP contribution is -2.29. The predicted octanol–water partition coefficient (Wildman–Crippen LogP) is 19.6. The molecule has 0 aromatic rings. The predicted molar refractivity (Wildman–Crippen MR) is 307 cm³/mol. The number of carbonyl (C=O) groups excluding carboxylic acids is 2. The van der Waals surface area contributed by atoms with Gasteiger partial charge in [0.15, 0.2) is 6.10 Å². The van der Waals surface area contributed by atoms with Crippen molar-refractivity contribution in [2.24, 2.45) is 5.73 Å². The van der Waals surface area contributed by atoms with Crippen LogP contribution in [0.25, 0.3) is 0 Å². The van der Waals surface area contributed by atoms with Gasteiger partial charge in [0.2, 0.25) is 0 Å². The molecule has 0 aliphatic carbocycles. The van der Waals surface area contributed by atoms with Crippen LogP contribution in [0.5, 0.6) is 0 Å². The maximum atomic E-state index is 12.7. The molecule has 0 saturated heterocycles. The minimum Gasteiger partial charge on any atom is -0.462 e. The normalized spacial score (nSPS) is 13.2. The lowest BCUT2D eigenvalue weighted by Gasteiger charge is -2.19. The number of hydrogen-bond donors (Lipinski definition) is 2. The molecule has 0 aliphatic heterocycles. The van der Waals surface area contributed by atoms with E-state index in [0.29, 0.717) is 6.42 Å². The third-order valence-corrected chi connectivity index (χ3v) is 14.8. The monoisotopic (exact) mass is 1040 g/mol. The van der Waals surface area contributed by atoms with E-state index in [-0.39, 0.29) is 38.6 Å². The number of carbonyl (C=O) groups is 2. The number of phosphoric ester groups is 1. The molecule has 9 nitrogen and oxygen atoms in total. The third-order valence-electron chi connectivity index (χ3n) is 13.8. The maximum absolute atomic E-state index is 12.7. The van der Waals surface area contributed by atoms with Crippen molar-refractivity contribution in [1.29, 1.82) is 0 Å². The van der Waals surface area contributed by atoms with Crippen LogP contribution in [0.3, 0.4) is 0 Å². The Morgan fingerprint density at radius 1 is 0.417 bits per heavy atom. The van der Waals surface area contributed by atoms with Crippen LogP contribution in [0.15, 0.2) is 36.5 Å². The van der Waals surface area contributed by atoms with E-state index in [2.05, 4.69) is 50.3 Å². The summed E-state index contributed by atoms with van der Waals surface area (Å²) in [5, 5.41) is 0. The second-order valence-electron chi connectivity index (χ2n) is 20.9. The average Bonchev–Trinajstić information content (AvgIpc) is 3.37. The molecule has 0 bridgehead atoms. The number of phosphoric acid groups is 1. The minimum absolute atomic E-state index is 0.0564. The lowest BCUT2D eigenvalue weighted by molar-refractivity contribution is -0.161. The van der Waals surface area contributed by atoms with E-state index >= 15 is 0 Å². The third kappa shape index (κ3) is 57.5. The molecule has 0 aliphatic rings. The van der Waals surface area contributed by atoms with Crippen molar-refractivity contribution in [3.8, 4) is 0 Å². The van der Waals surface area contributed by atoms with Crippen LogP contribution in [-0.2, 0) is 32.7 Å². The van der Waals surface area contributed by atoms with E-state index in [4.69, 9.17) is 24.3 Å². The molecule has 0 amide bonds. The van der Waals surface area contributed by atoms with Crippen LogP contribution in [-0.4, -0.2) is 49.3 Å². The molecule has 2 atom stereocenters. The van der Waals surface area contributed by atoms with Gasteiger partial charge in [0.05, 0.1) is 13.2 Å². The van der Waals surface area contributed by atoms with Crippen molar-refractivity contribution in [2.75, 3.05) is 26.4 Å². The van der Waals surface area contributed by atoms with Crippen molar-refractivity contribution >= 4 is 19.8 Å². The summed E-state index contributed by atoms with van der Waals surface area (Å²) in [4.78, 5) is 35.1. The van der Waals surface area contributed by atoms with Gasteiger partial charge >= 0.3 is 19.8 Å². The molecule has 0 aromatic heterocycles. The molecule has 0 aromatic carbocycles. The Morgan fingerprint density at radius 2 is 0.722 bits per heavy atom. The second kappa shape index (κ2) is 58.5. The van der Waals surface area contributed by atoms with E-state index in [1.807, 2.05) is 0 Å². The fourth-order valence-corrected chi connectivity index (χ4v) is 9.94. The van der Waals surface area contributed by atoms with Gasteiger partial charge in [-0.25, -0.2) is 4.57 Å². The highest BCUT2D eigenvalue weighted by molar-refractivity contribution is 7.47. The minimum atomic E-state index is -4.38. The highest BCUT2D eigenvalue weighted by atomic mass is 31.2. The van der Waals surface area contributed by atoms with Crippen LogP contribution < -0.4 is 5.73 Å². The standard InChI is InChI=1S/C62H118NO8P/c1-3-5-7-9-11-13-15-17-18-19-20-21-22-23-24-25-26-27-28-29-30-31-32-33-34-35-36-37-38-39-40-41-42-43-45-47-49-51-53-55-62(65)71-60(59-70-72(66,67)69-57-56-63)58-68-61(64)54-52-50-48-46-44-16-14-12-10-8-6-4-2/h15,17,19-20,22-23,60H,3-14,16,18,21,24-59,63H2,1-2H3,(H,66,67)/b17-15-,20-19-,23-22-. The van der Waals surface area contributed by atoms with Gasteiger partial charge in [-0.1, -0.05) is 288 Å². The SMILES string of the molecule is CCCCCCC/C=C\C/C=C\C/C=C\CCCCCCCCCCCCCCCCCCCCCCCCCCC(=O)OC(COC(=O)CCCCCCCCCCCCCC)COP(=O)(O)OCCN. The molecule has 10 heteroatoms. The smallest absolute Gasteiger partial charge is 0.462 e. The van der Waals surface area contributed by atoms with Crippen molar-refractivity contribution < 1.29 is 37.6 Å². The van der Waals surface area contributed by atoms with Crippen LogP contribution >= 0.6 is 7.82 Å². The molecular formula is C62H118NO8P. The number of hydrogen-bond acceptors (Lipinski definition) is 8. The second-order valence-corrected chi connectivity index (χ2v) is 22.4. The first-order chi connectivity index (χ1) is 35.3. The van der Waals surface area contributed by atoms with Crippen LogP contribution in [0, 0.1) is 0 Å². The topological polar surface area (TPSA) is 134 Å². The van der Waals surface area contributed by atoms with E-state index in [0.717, 1.165) is 44.9 Å². The maximum Gasteiger partial charge on any atom is 0.472 e. The fraction of sp³-hybridized carbons (Fsp3) is 0.871. The molecule has 0 heterocycles. The van der Waals surface area contributed by atoms with E-state index in [1.54, 1.807) is 0 Å². The Kier molecular flexibility index (Phi) is 57.1. The Balaban J connectivity index is 3.73. The average molecular weight is 1040 g/mol. The van der Waals surface area contributed by atoms with Crippen molar-refractivity contribution in [3.63, 3.8) is 0 Å². The van der Waals surface area contributed by atoms with Gasteiger partial charge in [-0.2, -0.15) is 0 Å². The molecule has 72 heavy (non-hydrogen) atoms. The van der Waals surface area contributed by atoms with Crippen molar-refractivity contribution in [2.45, 2.75) is 322 Å². The number of nitrogens with two attached hydrogens (primary N) is 1. The molecule has 3 N–H and O–H groups in total. The zero-order chi connectivity index (χ0) is 52.4. The van der Waals surface area contributed by atoms with Crippen LogP contribution in [0.2, 0.25) is 0 Å². The van der Waals surface area contributed by atoms with Gasteiger partial charge in [0, 0.05) is 19.4 Å². The quantitative estimate of drug-likeness (QED) is 0.0264. The summed E-state index contributed by atoms with van der Waals surface area (Å²) in [7, 11) is -4.38. The molecule has 0 rings (SSSR count). The Labute approximate surface area is 445 Å². The van der Waals surface area contributed by atoms with Crippen molar-refractivity contribution in [3.05, 3.63) is 36.5 Å². The Morgan fingerprint density at radius 3 is 1.07 bits per heavy atom. The number of esters is 2. The zero-order valence-electron chi connectivity index (χ0n) is 47.4. The van der Waals surface area contributed by atoms with Gasteiger partial charge in [0.25, 0.3) is 0 Å². The lowest BCUT2D eigenvalue weighted by atomic mass is 10.0. The van der Waals surface area contributed by atoms with Gasteiger partial charge < -0.3 is 20.1 Å². The van der Waals surface area contributed by atoms with Crippen molar-refractivity contribution in [1.82, 2.24) is 0 Å². The summed E-state index contributed by atoms with van der Waals surface area (Å²) in [6, 6.07) is 0. The van der Waals surface area contributed by atoms with Crippen LogP contribution in [0.1, 0.15) is 316 Å². The first-order valence-electron chi connectivity index (χ1n) is 31.0. The van der Waals surface area contributed by atoms with E-state index < -0.39 is 26.5 Å². The molecule has 0 saturated carbocycles. The Hall–Kier alpha value is -1.77. The summed E-state index contributed by atoms with van der Waals surface area (Å²) < 4.78 is 33.0. The van der Waals surface area contributed by atoms with Gasteiger partial charge in [-0.3, -0.25) is 18.6 Å². The number of ether oxygens (including phenoxy) is 2. The van der Waals surface area contributed by atoms with Gasteiger partial charge in [-0.15, -0.1) is 0 Å². The van der Waals surface area contributed by atoms with Crippen LogP contribution in [0.4, 0.5) is 0 Å². The highest BCUT2D eigenvalue weighted by Crippen LogP contribution is 2.43. The summed E-state index contributed by atoms with van der Waals surface area (Å²) in [5.41, 5.74) is 5.37. The molecule has 2 unspecified atom stereocenters. The number of unbranched alkanes of at least 4 members (excludes halogenated alkanes) is 40. The fourth-order valence-electron chi connectivity index (χ4n) is 9.18. The summed E-state index contributed by atoms with van der Waals surface area (Å²) in [6.45, 7) is 3.77. The largest absolute Gasteiger partial charge is 0.472 e. The van der Waals surface area contributed by atoms with Gasteiger partial charge in [-0.05, 0) is 51.4 Å². The van der Waals surface area contributed by atoms with E-state index in [9.17, 15) is 19.0 Å². The molecular weight excluding hydrogens is 918 g/mol. The van der Waals surface area contributed by atoms with Gasteiger partial charge in [0.1, 0.15) is 6.61 Å². The highest BCUT2D eigenvalue weighted by Gasteiger charge is 2.26. The molecule has 0 spiro atoms. The summed E-state index contributed by atoms with van der Waals surface area (Å²) in [6.07, 6.45) is 71.0. The number of rotatable bonds is 59. The van der Waals surface area contributed by atoms with E-state index in [1.165, 1.54) is 238 Å². The first-order valence-corrected chi connectivity index (χ1v) is 32.5. The molecule has 0 fully saturated rings. The zero-order valence-corrected chi connectivity index (χ0v) is 48.3. The first kappa shape index (κ1) is 70.2. The molecule has 424 valence electrons. The number of allylic oxidation sites excluding steroid dienone is 6. The summed E-state index contributed by atoms with van der Waals surface area (Å²) in [5.74, 6) is -0.811. The summed E-state index contributed by atoms with van der Waals surface area (Å²) >= 11 is 0. The molecule has 0 radical (unpaired) electrons. The Bertz CT molecular complexity index is 1270.